The summed E-state index contributed by atoms with van der Waals surface area (Å²) in [7, 11) is 0. The van der Waals surface area contributed by atoms with Crippen LogP contribution in [0, 0.1) is 26.7 Å². The van der Waals surface area contributed by atoms with Gasteiger partial charge in [0.25, 0.3) is 5.91 Å². The minimum absolute atomic E-state index is 0.140. The highest BCUT2D eigenvalue weighted by Gasteiger charge is 2.48. The molecule has 0 heterocycles. The van der Waals surface area contributed by atoms with Crippen molar-refractivity contribution in [3.63, 3.8) is 0 Å². The molecule has 2 aromatic rings. The smallest absolute Gasteiger partial charge is 0.408 e. The Balaban J connectivity index is 2.03. The Morgan fingerprint density at radius 2 is 1.73 bits per heavy atom. The molecule has 2 N–H and O–H groups in total. The lowest BCUT2D eigenvalue weighted by molar-refractivity contribution is -0.141. The van der Waals surface area contributed by atoms with E-state index in [2.05, 4.69) is 10.6 Å². The number of benzene rings is 2. The quantitative estimate of drug-likeness (QED) is 0.455. The number of hydrogen-bond acceptors (Lipinski definition) is 4. The second kappa shape index (κ2) is 11.1. The highest BCUT2D eigenvalue weighted by atomic mass is 35.5. The van der Waals surface area contributed by atoms with Crippen molar-refractivity contribution in [1.29, 1.82) is 0 Å². The second-order valence-corrected chi connectivity index (χ2v) is 11.5. The number of nitrogens with one attached hydrogen (secondary N) is 2. The van der Waals surface area contributed by atoms with Crippen LogP contribution in [0.5, 0.6) is 0 Å². The maximum Gasteiger partial charge on any atom is 0.408 e. The lowest BCUT2D eigenvalue weighted by atomic mass is 9.95. The van der Waals surface area contributed by atoms with Crippen LogP contribution in [0.4, 0.5) is 10.5 Å². The van der Waals surface area contributed by atoms with Crippen LogP contribution < -0.4 is 10.6 Å². The topological polar surface area (TPSA) is 87.7 Å². The predicted molar refractivity (Wildman–Crippen MR) is 147 cm³/mol. The summed E-state index contributed by atoms with van der Waals surface area (Å²) in [4.78, 5) is 42.0. The number of halogens is 1. The normalized spacial score (nSPS) is 18.4. The maximum atomic E-state index is 14.0. The van der Waals surface area contributed by atoms with Gasteiger partial charge in [0.1, 0.15) is 17.7 Å². The molecule has 4 unspecified atom stereocenters. The van der Waals surface area contributed by atoms with Crippen LogP contribution in [0.25, 0.3) is 0 Å². The summed E-state index contributed by atoms with van der Waals surface area (Å²) >= 11 is 6.42. The van der Waals surface area contributed by atoms with E-state index in [0.29, 0.717) is 10.7 Å². The summed E-state index contributed by atoms with van der Waals surface area (Å²) in [6, 6.07) is 9.32. The van der Waals surface area contributed by atoms with E-state index in [0.717, 1.165) is 28.7 Å². The van der Waals surface area contributed by atoms with Gasteiger partial charge in [0.05, 0.1) is 10.7 Å². The molecule has 1 aliphatic carbocycles. The number of amides is 3. The van der Waals surface area contributed by atoms with Crippen molar-refractivity contribution in [2.24, 2.45) is 5.92 Å². The Morgan fingerprint density at radius 1 is 1.08 bits per heavy atom. The van der Waals surface area contributed by atoms with E-state index in [-0.39, 0.29) is 23.8 Å². The second-order valence-electron chi connectivity index (χ2n) is 11.1. The number of alkyl carbamates (subject to hydrolysis) is 1. The molecule has 0 aromatic heterocycles. The summed E-state index contributed by atoms with van der Waals surface area (Å²) in [6.07, 6.45) is 0.0848. The Kier molecular flexibility index (Phi) is 8.58. The zero-order valence-corrected chi connectivity index (χ0v) is 23.7. The van der Waals surface area contributed by atoms with Crippen molar-refractivity contribution in [3.05, 3.63) is 63.7 Å². The Bertz CT molecular complexity index is 1170. The molecular formula is C29H38ClN3O4. The van der Waals surface area contributed by atoms with Gasteiger partial charge in [-0.2, -0.15) is 0 Å². The monoisotopic (exact) mass is 527 g/mol. The minimum atomic E-state index is -0.916. The third-order valence-corrected chi connectivity index (χ3v) is 6.82. The van der Waals surface area contributed by atoms with Crippen LogP contribution >= 0.6 is 11.6 Å². The van der Waals surface area contributed by atoms with Gasteiger partial charge in [-0.3, -0.25) is 9.59 Å². The van der Waals surface area contributed by atoms with E-state index >= 15 is 0 Å². The van der Waals surface area contributed by atoms with Gasteiger partial charge in [-0.25, -0.2) is 4.79 Å². The fraction of sp³-hybridized carbons (Fsp3) is 0.483. The molecule has 3 rings (SSSR count). The zero-order valence-electron chi connectivity index (χ0n) is 22.9. The number of carbonyl (C=O) groups excluding carboxylic acids is 3. The van der Waals surface area contributed by atoms with Gasteiger partial charge >= 0.3 is 6.09 Å². The van der Waals surface area contributed by atoms with Gasteiger partial charge < -0.3 is 20.3 Å². The first-order valence-electron chi connectivity index (χ1n) is 12.6. The van der Waals surface area contributed by atoms with Crippen LogP contribution in [0.1, 0.15) is 69.3 Å². The predicted octanol–water partition coefficient (Wildman–Crippen LogP) is 6.10. The Labute approximate surface area is 224 Å². The molecule has 4 atom stereocenters. The molecular weight excluding hydrogens is 490 g/mol. The van der Waals surface area contributed by atoms with Crippen molar-refractivity contribution in [2.45, 2.75) is 85.5 Å². The highest BCUT2D eigenvalue weighted by molar-refractivity contribution is 6.34. The van der Waals surface area contributed by atoms with Crippen molar-refractivity contribution in [2.75, 3.05) is 5.32 Å². The lowest BCUT2D eigenvalue weighted by Gasteiger charge is -2.35. The number of hydrogen-bond donors (Lipinski definition) is 2. The van der Waals surface area contributed by atoms with Gasteiger partial charge in [-0.15, -0.1) is 0 Å². The first-order chi connectivity index (χ1) is 17.2. The third-order valence-electron chi connectivity index (χ3n) is 6.51. The van der Waals surface area contributed by atoms with Crippen LogP contribution in [0.3, 0.4) is 0 Å². The van der Waals surface area contributed by atoms with Crippen LogP contribution in [-0.2, 0) is 14.3 Å². The maximum absolute atomic E-state index is 14.0. The number of para-hydroxylation sites is 1. The largest absolute Gasteiger partial charge is 0.444 e. The van der Waals surface area contributed by atoms with Gasteiger partial charge in [0, 0.05) is 6.04 Å². The molecule has 1 saturated carbocycles. The molecule has 1 aliphatic rings. The standard InChI is InChI=1S/C29H38ClN3O4/c1-16-12-13-17(2)21(14-16)25(26(34)32-24-18(3)10-9-11-22(24)30)33(23-15-19(23)4)27(35)20(5)31-28(36)37-29(6,7)8/h9-14,19-20,23,25H,15H2,1-8H3,(H,31,36)(H,32,34). The number of rotatable bonds is 7. The first-order valence-corrected chi connectivity index (χ1v) is 13.0. The molecule has 7 nitrogen and oxygen atoms in total. The molecule has 0 aliphatic heterocycles. The molecule has 200 valence electrons. The van der Waals surface area contributed by atoms with E-state index in [1.54, 1.807) is 38.7 Å². The Hall–Kier alpha value is -3.06. The third kappa shape index (κ3) is 7.04. The van der Waals surface area contributed by atoms with Gasteiger partial charge in [0.2, 0.25) is 5.91 Å². The zero-order chi connectivity index (χ0) is 27.7. The molecule has 8 heteroatoms. The summed E-state index contributed by atoms with van der Waals surface area (Å²) < 4.78 is 5.35. The van der Waals surface area contributed by atoms with Crippen molar-refractivity contribution >= 4 is 35.2 Å². The molecule has 0 saturated heterocycles. The molecule has 0 spiro atoms. The molecule has 2 aromatic carbocycles. The first kappa shape index (κ1) is 28.5. The summed E-state index contributed by atoms with van der Waals surface area (Å²) in [6.45, 7) is 14.7. The fourth-order valence-electron chi connectivity index (χ4n) is 4.40. The minimum Gasteiger partial charge on any atom is -0.444 e. The molecule has 0 bridgehead atoms. The van der Waals surface area contributed by atoms with E-state index in [1.807, 2.05) is 58.0 Å². The number of nitrogens with zero attached hydrogens (tertiary/aromatic N) is 1. The molecule has 0 radical (unpaired) electrons. The highest BCUT2D eigenvalue weighted by Crippen LogP contribution is 2.42. The average molecular weight is 528 g/mol. The molecule has 3 amide bonds. The van der Waals surface area contributed by atoms with E-state index < -0.39 is 23.8 Å². The summed E-state index contributed by atoms with van der Waals surface area (Å²) in [5, 5.41) is 6.06. The molecule has 37 heavy (non-hydrogen) atoms. The van der Waals surface area contributed by atoms with Crippen molar-refractivity contribution in [1.82, 2.24) is 10.2 Å². The number of carbonyl (C=O) groups is 3. The van der Waals surface area contributed by atoms with Crippen LogP contribution in [-0.4, -0.2) is 40.5 Å². The van der Waals surface area contributed by atoms with E-state index in [9.17, 15) is 14.4 Å². The van der Waals surface area contributed by atoms with Crippen LogP contribution in [0.15, 0.2) is 36.4 Å². The fourth-order valence-corrected chi connectivity index (χ4v) is 4.66. The SMILES string of the molecule is Cc1ccc(C)c(C(C(=O)Nc2c(C)cccc2Cl)N(C(=O)C(C)NC(=O)OC(C)(C)C)C2CC2C)c1. The average Bonchev–Trinajstić information content (AvgIpc) is 3.50. The van der Waals surface area contributed by atoms with E-state index in [4.69, 9.17) is 16.3 Å². The van der Waals surface area contributed by atoms with Crippen LogP contribution in [0.2, 0.25) is 5.02 Å². The van der Waals surface area contributed by atoms with Crippen molar-refractivity contribution in [3.8, 4) is 0 Å². The lowest BCUT2D eigenvalue weighted by Crippen LogP contribution is -2.52. The van der Waals surface area contributed by atoms with Gasteiger partial charge in [-0.1, -0.05) is 54.4 Å². The summed E-state index contributed by atoms with van der Waals surface area (Å²) in [5.41, 5.74) is 3.23. The number of aryl methyl sites for hydroxylation is 3. The Morgan fingerprint density at radius 3 is 2.30 bits per heavy atom. The summed E-state index contributed by atoms with van der Waals surface area (Å²) in [5.74, 6) is -0.487. The molecule has 1 fully saturated rings. The van der Waals surface area contributed by atoms with Crippen molar-refractivity contribution < 1.29 is 19.1 Å². The van der Waals surface area contributed by atoms with Gasteiger partial charge in [0.15, 0.2) is 0 Å². The number of ether oxygens (including phenoxy) is 1. The number of anilines is 1. The van der Waals surface area contributed by atoms with Gasteiger partial charge in [-0.05, 0) is 83.6 Å². The van der Waals surface area contributed by atoms with E-state index in [1.165, 1.54) is 0 Å².